The monoisotopic (exact) mass is 280 g/mol. The minimum Gasteiger partial charge on any atom is -0.469 e. The third-order valence-corrected chi connectivity index (χ3v) is 3.20. The molecule has 0 N–H and O–H groups in total. The maximum absolute atomic E-state index is 11.3. The van der Waals surface area contributed by atoms with E-state index in [1.54, 1.807) is 19.1 Å². The first-order valence-electron chi connectivity index (χ1n) is 5.70. The van der Waals surface area contributed by atoms with Crippen molar-refractivity contribution in [2.24, 2.45) is 0 Å². The molecule has 102 valence electrons. The quantitative estimate of drug-likeness (QED) is 0.347. The summed E-state index contributed by atoms with van der Waals surface area (Å²) in [4.78, 5) is 23.2. The van der Waals surface area contributed by atoms with Crippen LogP contribution in [0.1, 0.15) is 13.3 Å². The van der Waals surface area contributed by atoms with Crippen LogP contribution in [-0.2, 0) is 14.3 Å². The highest BCUT2D eigenvalue weighted by Gasteiger charge is 2.05. The van der Waals surface area contributed by atoms with E-state index in [2.05, 4.69) is 11.3 Å². The Morgan fingerprint density at radius 2 is 1.89 bits per heavy atom. The van der Waals surface area contributed by atoms with Crippen LogP contribution in [0.4, 0.5) is 0 Å². The number of hydrogen-bond acceptors (Lipinski definition) is 5. The first-order valence-corrected chi connectivity index (χ1v) is 6.69. The molecule has 0 heterocycles. The Labute approximate surface area is 116 Å². The highest BCUT2D eigenvalue weighted by molar-refractivity contribution is 7.99. The molecule has 1 aromatic rings. The van der Waals surface area contributed by atoms with Crippen LogP contribution in [-0.4, -0.2) is 24.8 Å². The summed E-state index contributed by atoms with van der Waals surface area (Å²) in [5.41, 5.74) is 0.358. The molecule has 0 radical (unpaired) electrons. The molecular formula is C14H16O4S. The average molecular weight is 280 g/mol. The van der Waals surface area contributed by atoms with Crippen LogP contribution in [0.2, 0.25) is 0 Å². The number of carbonyl (C=O) groups is 2. The van der Waals surface area contributed by atoms with Crippen molar-refractivity contribution in [3.8, 4) is 5.75 Å². The van der Waals surface area contributed by atoms with Gasteiger partial charge >= 0.3 is 11.9 Å². The van der Waals surface area contributed by atoms with Gasteiger partial charge in [0.1, 0.15) is 5.75 Å². The van der Waals surface area contributed by atoms with Crippen LogP contribution in [0.15, 0.2) is 41.3 Å². The topological polar surface area (TPSA) is 52.6 Å². The van der Waals surface area contributed by atoms with Crippen molar-refractivity contribution in [1.29, 1.82) is 0 Å². The number of carbonyl (C=O) groups excluding carboxylic acids is 2. The summed E-state index contributed by atoms with van der Waals surface area (Å²) in [7, 11) is 1.37. The van der Waals surface area contributed by atoms with Gasteiger partial charge in [-0.3, -0.25) is 4.79 Å². The van der Waals surface area contributed by atoms with Crippen LogP contribution < -0.4 is 4.74 Å². The van der Waals surface area contributed by atoms with Gasteiger partial charge in [0.05, 0.1) is 13.5 Å². The van der Waals surface area contributed by atoms with Crippen molar-refractivity contribution in [3.05, 3.63) is 36.4 Å². The highest BCUT2D eigenvalue weighted by atomic mass is 32.2. The molecular weight excluding hydrogens is 264 g/mol. The predicted octanol–water partition coefficient (Wildman–Crippen LogP) is 2.82. The number of methoxy groups -OCH3 is 1. The molecule has 0 aliphatic carbocycles. The van der Waals surface area contributed by atoms with E-state index in [-0.39, 0.29) is 5.97 Å². The fourth-order valence-electron chi connectivity index (χ4n) is 1.15. The molecule has 0 amide bonds. The third kappa shape index (κ3) is 5.61. The number of benzene rings is 1. The van der Waals surface area contributed by atoms with Crippen molar-refractivity contribution < 1.29 is 19.1 Å². The Morgan fingerprint density at radius 3 is 2.42 bits per heavy atom. The lowest BCUT2D eigenvalue weighted by atomic mass is 10.3. The van der Waals surface area contributed by atoms with Gasteiger partial charge in [-0.1, -0.05) is 6.58 Å². The zero-order chi connectivity index (χ0) is 14.3. The van der Waals surface area contributed by atoms with Gasteiger partial charge in [0.2, 0.25) is 0 Å². The molecule has 1 aromatic carbocycles. The van der Waals surface area contributed by atoms with E-state index in [0.717, 1.165) is 4.90 Å². The largest absolute Gasteiger partial charge is 0.469 e. The fourth-order valence-corrected chi connectivity index (χ4v) is 1.99. The highest BCUT2D eigenvalue weighted by Crippen LogP contribution is 2.22. The predicted molar refractivity (Wildman–Crippen MR) is 74.2 cm³/mol. The Balaban J connectivity index is 2.45. The number of rotatable bonds is 6. The standard InChI is InChI=1S/C14H16O4S/c1-10(2)14(16)18-11-4-6-12(7-5-11)19-9-8-13(15)17-3/h4-7H,1,8-9H2,2-3H3. The minimum absolute atomic E-state index is 0.223. The molecule has 0 aliphatic heterocycles. The molecule has 0 aliphatic rings. The molecule has 1 rings (SSSR count). The second-order valence-electron chi connectivity index (χ2n) is 3.82. The zero-order valence-corrected chi connectivity index (χ0v) is 11.8. The van der Waals surface area contributed by atoms with E-state index in [1.165, 1.54) is 18.9 Å². The van der Waals surface area contributed by atoms with Gasteiger partial charge in [0, 0.05) is 16.2 Å². The van der Waals surface area contributed by atoms with Gasteiger partial charge in [0.25, 0.3) is 0 Å². The minimum atomic E-state index is -0.439. The summed E-state index contributed by atoms with van der Waals surface area (Å²) >= 11 is 1.54. The van der Waals surface area contributed by atoms with E-state index in [4.69, 9.17) is 4.74 Å². The summed E-state index contributed by atoms with van der Waals surface area (Å²) in [6, 6.07) is 7.09. The molecule has 0 bridgehead atoms. The van der Waals surface area contributed by atoms with Crippen LogP contribution in [0.3, 0.4) is 0 Å². The smallest absolute Gasteiger partial charge is 0.338 e. The maximum atomic E-state index is 11.3. The van der Waals surface area contributed by atoms with Gasteiger partial charge in [-0.25, -0.2) is 4.79 Å². The van der Waals surface area contributed by atoms with Crippen LogP contribution in [0.5, 0.6) is 5.75 Å². The van der Waals surface area contributed by atoms with Gasteiger partial charge in [-0.2, -0.15) is 0 Å². The van der Waals surface area contributed by atoms with Crippen molar-refractivity contribution >= 4 is 23.7 Å². The summed E-state index contributed by atoms with van der Waals surface area (Å²) in [6.07, 6.45) is 0.369. The molecule has 0 unspecified atom stereocenters. The van der Waals surface area contributed by atoms with Crippen LogP contribution in [0, 0.1) is 0 Å². The van der Waals surface area contributed by atoms with Gasteiger partial charge in [-0.05, 0) is 31.2 Å². The summed E-state index contributed by atoms with van der Waals surface area (Å²) in [5, 5.41) is 0. The van der Waals surface area contributed by atoms with Gasteiger partial charge < -0.3 is 9.47 Å². The van der Waals surface area contributed by atoms with Crippen molar-refractivity contribution in [2.75, 3.05) is 12.9 Å². The third-order valence-electron chi connectivity index (χ3n) is 2.19. The fraction of sp³-hybridized carbons (Fsp3) is 0.286. The van der Waals surface area contributed by atoms with Crippen LogP contribution in [0.25, 0.3) is 0 Å². The van der Waals surface area contributed by atoms with Gasteiger partial charge in [0.15, 0.2) is 0 Å². The summed E-state index contributed by atoms with van der Waals surface area (Å²) in [5.74, 6) is 0.466. The molecule has 0 saturated heterocycles. The van der Waals surface area contributed by atoms with Crippen molar-refractivity contribution in [2.45, 2.75) is 18.2 Å². The van der Waals surface area contributed by atoms with E-state index in [0.29, 0.717) is 23.5 Å². The number of thioether (sulfide) groups is 1. The second-order valence-corrected chi connectivity index (χ2v) is 4.98. The lowest BCUT2D eigenvalue weighted by Crippen LogP contribution is -2.07. The maximum Gasteiger partial charge on any atom is 0.338 e. The van der Waals surface area contributed by atoms with E-state index >= 15 is 0 Å². The molecule has 4 nitrogen and oxygen atoms in total. The van der Waals surface area contributed by atoms with E-state index < -0.39 is 5.97 Å². The number of ether oxygens (including phenoxy) is 2. The zero-order valence-electron chi connectivity index (χ0n) is 11.0. The van der Waals surface area contributed by atoms with Gasteiger partial charge in [-0.15, -0.1) is 11.8 Å². The Bertz CT molecular complexity index is 465. The molecule has 0 spiro atoms. The van der Waals surface area contributed by atoms with Crippen molar-refractivity contribution in [1.82, 2.24) is 0 Å². The SMILES string of the molecule is C=C(C)C(=O)Oc1ccc(SCCC(=O)OC)cc1. The molecule has 19 heavy (non-hydrogen) atoms. The van der Waals surface area contributed by atoms with E-state index in [9.17, 15) is 9.59 Å². The lowest BCUT2D eigenvalue weighted by molar-refractivity contribution is -0.140. The Morgan fingerprint density at radius 1 is 1.26 bits per heavy atom. The number of hydrogen-bond donors (Lipinski definition) is 0. The summed E-state index contributed by atoms with van der Waals surface area (Å²) < 4.78 is 9.62. The first-order chi connectivity index (χ1) is 9.02. The Hall–Kier alpha value is -1.75. The summed E-state index contributed by atoms with van der Waals surface area (Å²) in [6.45, 7) is 5.11. The molecule has 0 saturated carbocycles. The first kappa shape index (κ1) is 15.3. The second kappa shape index (κ2) is 7.63. The molecule has 0 aromatic heterocycles. The van der Waals surface area contributed by atoms with Crippen LogP contribution >= 0.6 is 11.8 Å². The van der Waals surface area contributed by atoms with Crippen molar-refractivity contribution in [3.63, 3.8) is 0 Å². The number of esters is 2. The Kier molecular flexibility index (Phi) is 6.15. The normalized spacial score (nSPS) is 9.79. The average Bonchev–Trinajstić information content (AvgIpc) is 2.40. The molecule has 0 atom stereocenters. The molecule has 0 fully saturated rings. The lowest BCUT2D eigenvalue weighted by Gasteiger charge is -2.05. The molecule has 5 heteroatoms. The van der Waals surface area contributed by atoms with E-state index in [1.807, 2.05) is 12.1 Å².